The van der Waals surface area contributed by atoms with Crippen LogP contribution in [0.1, 0.15) is 44.4 Å². The molecule has 8 atom stereocenters. The van der Waals surface area contributed by atoms with Gasteiger partial charge in [-0.3, -0.25) is 0 Å². The van der Waals surface area contributed by atoms with Gasteiger partial charge in [-0.15, -0.1) is 16.5 Å². The highest BCUT2D eigenvalue weighted by molar-refractivity contribution is 7.99. The van der Waals surface area contributed by atoms with Crippen molar-refractivity contribution in [3.05, 3.63) is 120 Å². The summed E-state index contributed by atoms with van der Waals surface area (Å²) >= 11 is -0.0788. The molecule has 2 aliphatic rings. The number of thioether (sulfide) groups is 1. The molecular formula is C34H35NO8S2. The lowest BCUT2D eigenvalue weighted by atomic mass is 9.87. The van der Waals surface area contributed by atoms with E-state index in [4.69, 9.17) is 18.9 Å². The fourth-order valence-electron chi connectivity index (χ4n) is 5.30. The molecule has 5 rings (SSSR count). The van der Waals surface area contributed by atoms with Gasteiger partial charge in [0.15, 0.2) is 18.3 Å². The maximum atomic E-state index is 13.6. The zero-order valence-electron chi connectivity index (χ0n) is 24.9. The summed E-state index contributed by atoms with van der Waals surface area (Å²) in [7, 11) is 0. The highest BCUT2D eigenvalue weighted by Crippen LogP contribution is 2.38. The minimum absolute atomic E-state index is 0.227. The van der Waals surface area contributed by atoms with Crippen LogP contribution in [0.3, 0.4) is 0 Å². The minimum atomic E-state index is -1.48. The molecule has 2 heterocycles. The van der Waals surface area contributed by atoms with Crippen LogP contribution in [0.15, 0.2) is 103 Å². The van der Waals surface area contributed by atoms with Crippen molar-refractivity contribution in [2.24, 2.45) is 5.92 Å². The second-order valence-corrected chi connectivity index (χ2v) is 13.1. The minimum Gasteiger partial charge on any atom is -0.598 e. The van der Waals surface area contributed by atoms with E-state index >= 15 is 0 Å². The van der Waals surface area contributed by atoms with E-state index in [9.17, 15) is 18.9 Å². The fraction of sp³-hybridized carbons (Fsp3) is 0.324. The normalized spacial score (nSPS) is 27.8. The number of nitrogens with one attached hydrogen (secondary N) is 1. The van der Waals surface area contributed by atoms with Crippen molar-refractivity contribution in [1.82, 2.24) is 4.72 Å². The number of rotatable bonds is 8. The van der Waals surface area contributed by atoms with E-state index < -0.39 is 65.2 Å². The Bertz CT molecular complexity index is 1460. The SMILES string of the molecule is C[C@@H]1/C=C\CCSC2OC(C(OC(=O)c3ccccc3)C(OC(=O)c3ccccc3)C2OC(=O)c2ccccc2)[C@@H]1N[S@@+](C)[O-]. The highest BCUT2D eigenvalue weighted by Gasteiger charge is 2.56. The van der Waals surface area contributed by atoms with Crippen molar-refractivity contribution in [3.8, 4) is 0 Å². The molecule has 3 aromatic carbocycles. The van der Waals surface area contributed by atoms with E-state index in [-0.39, 0.29) is 17.0 Å². The van der Waals surface area contributed by atoms with Crippen molar-refractivity contribution in [3.63, 3.8) is 0 Å². The number of allylic oxidation sites excluding steroid dienone is 1. The largest absolute Gasteiger partial charge is 0.598 e. The molecule has 2 bridgehead atoms. The van der Waals surface area contributed by atoms with Crippen LogP contribution in [-0.4, -0.2) is 70.4 Å². The second-order valence-electron chi connectivity index (χ2n) is 10.7. The maximum Gasteiger partial charge on any atom is 0.338 e. The first-order valence-corrected chi connectivity index (χ1v) is 17.2. The Morgan fingerprint density at radius 3 is 1.73 bits per heavy atom. The zero-order chi connectivity index (χ0) is 31.8. The number of carbonyl (C=O) groups excluding carboxylic acids is 3. The quantitative estimate of drug-likeness (QED) is 0.155. The number of benzene rings is 3. The second kappa shape index (κ2) is 15.6. The number of hydrogen-bond donors (Lipinski definition) is 1. The summed E-state index contributed by atoms with van der Waals surface area (Å²) in [4.78, 5) is 40.7. The molecule has 45 heavy (non-hydrogen) atoms. The van der Waals surface area contributed by atoms with E-state index in [2.05, 4.69) is 4.72 Å². The maximum absolute atomic E-state index is 13.6. The lowest BCUT2D eigenvalue weighted by Crippen LogP contribution is -2.66. The monoisotopic (exact) mass is 649 g/mol. The molecule has 0 amide bonds. The first-order valence-electron chi connectivity index (χ1n) is 14.6. The summed E-state index contributed by atoms with van der Waals surface area (Å²) in [5.74, 6) is -1.62. The van der Waals surface area contributed by atoms with Gasteiger partial charge in [-0.25, -0.2) is 14.4 Å². The van der Waals surface area contributed by atoms with Gasteiger partial charge in [-0.1, -0.05) is 73.7 Å². The number of fused-ring (bicyclic) bond motifs is 2. The van der Waals surface area contributed by atoms with Gasteiger partial charge in [0.2, 0.25) is 0 Å². The Balaban J connectivity index is 1.61. The van der Waals surface area contributed by atoms with Gasteiger partial charge in [-0.05, 0) is 54.5 Å². The van der Waals surface area contributed by atoms with Crippen LogP contribution in [0.5, 0.6) is 0 Å². The van der Waals surface area contributed by atoms with Gasteiger partial charge >= 0.3 is 17.9 Å². The fourth-order valence-corrected chi connectivity index (χ4v) is 7.14. The van der Waals surface area contributed by atoms with E-state index in [1.165, 1.54) is 18.0 Å². The zero-order valence-corrected chi connectivity index (χ0v) is 26.5. The number of ether oxygens (including phenoxy) is 4. The molecule has 0 aliphatic carbocycles. The van der Waals surface area contributed by atoms with E-state index in [1.807, 2.05) is 19.1 Å². The standard InChI is InChI=1S/C34H35NO8S2/c1-22-14-12-13-21-44-34-30(42-33(38)25-19-10-5-11-20-25)29(41-32(37)24-17-8-4-9-18-24)28(27(43-34)26(22)35-45(2)39)40-31(36)23-15-6-3-7-16-23/h3-12,14-20,22,26-30,34-35H,13,21H2,1-2H3/b14-12-/t22-,26-,27?,28?,29?,30?,34?,45-/m1/s1. The van der Waals surface area contributed by atoms with E-state index in [0.717, 1.165) is 0 Å². The van der Waals surface area contributed by atoms with Gasteiger partial charge < -0.3 is 23.5 Å². The molecule has 3 aromatic rings. The van der Waals surface area contributed by atoms with Gasteiger partial charge in [0.05, 0.1) is 22.7 Å². The Morgan fingerprint density at radius 2 is 1.24 bits per heavy atom. The molecule has 0 saturated carbocycles. The van der Waals surface area contributed by atoms with Crippen molar-refractivity contribution in [2.45, 2.75) is 49.2 Å². The summed E-state index contributed by atoms with van der Waals surface area (Å²) in [5, 5.41) is 0. The van der Waals surface area contributed by atoms with Gasteiger partial charge in [0, 0.05) is 11.4 Å². The molecule has 0 radical (unpaired) electrons. The molecule has 1 N–H and O–H groups in total. The first-order chi connectivity index (χ1) is 21.8. The third kappa shape index (κ3) is 8.36. The van der Waals surface area contributed by atoms with Crippen LogP contribution < -0.4 is 4.72 Å². The van der Waals surface area contributed by atoms with E-state index in [0.29, 0.717) is 17.7 Å². The predicted octanol–water partition coefficient (Wildman–Crippen LogP) is 4.97. The lowest BCUT2D eigenvalue weighted by molar-refractivity contribution is -0.207. The van der Waals surface area contributed by atoms with Crippen LogP contribution in [0.25, 0.3) is 0 Å². The number of esters is 3. The third-order valence-corrected chi connectivity index (χ3v) is 9.30. The van der Waals surface area contributed by atoms with Gasteiger partial charge in [-0.2, -0.15) is 0 Å². The summed E-state index contributed by atoms with van der Waals surface area (Å²) in [5.41, 5.74) is 0.0354. The molecule has 5 unspecified atom stereocenters. The van der Waals surface area contributed by atoms with Crippen molar-refractivity contribution in [2.75, 3.05) is 12.0 Å². The lowest BCUT2D eigenvalue weighted by Gasteiger charge is -2.47. The average molecular weight is 650 g/mol. The van der Waals surface area contributed by atoms with Crippen LogP contribution in [0, 0.1) is 5.92 Å². The molecule has 9 nitrogen and oxygen atoms in total. The number of hydrogen-bond acceptors (Lipinski definition) is 10. The molecule has 0 spiro atoms. The Labute approximate surface area is 270 Å². The molecular weight excluding hydrogens is 615 g/mol. The first kappa shape index (κ1) is 32.8. The van der Waals surface area contributed by atoms with Crippen LogP contribution in [-0.2, 0) is 30.3 Å². The average Bonchev–Trinajstić information content (AvgIpc) is 3.06. The Morgan fingerprint density at radius 1 is 0.778 bits per heavy atom. The topological polar surface area (TPSA) is 123 Å². The van der Waals surface area contributed by atoms with Crippen LogP contribution in [0.2, 0.25) is 0 Å². The predicted molar refractivity (Wildman–Crippen MR) is 172 cm³/mol. The molecule has 1 fully saturated rings. The Kier molecular flexibility index (Phi) is 11.4. The highest BCUT2D eigenvalue weighted by atomic mass is 32.2. The Hall–Kier alpha value is -3.61. The van der Waals surface area contributed by atoms with Crippen molar-refractivity contribution in [1.29, 1.82) is 0 Å². The number of carbonyl (C=O) groups is 3. The van der Waals surface area contributed by atoms with Crippen LogP contribution >= 0.6 is 11.8 Å². The van der Waals surface area contributed by atoms with Gasteiger partial charge in [0.1, 0.15) is 17.8 Å². The molecule has 0 aromatic heterocycles. The summed E-state index contributed by atoms with van der Waals surface area (Å²) in [6.07, 6.45) is 1.59. The summed E-state index contributed by atoms with van der Waals surface area (Å²) < 4.78 is 40.7. The molecule has 11 heteroatoms. The molecule has 2 aliphatic heterocycles. The van der Waals surface area contributed by atoms with Crippen molar-refractivity contribution >= 4 is 41.0 Å². The smallest absolute Gasteiger partial charge is 0.338 e. The van der Waals surface area contributed by atoms with E-state index in [1.54, 1.807) is 91.0 Å². The van der Waals surface area contributed by atoms with Crippen molar-refractivity contribution < 1.29 is 37.9 Å². The summed E-state index contributed by atoms with van der Waals surface area (Å²) in [6.45, 7) is 1.94. The van der Waals surface area contributed by atoms with Gasteiger partial charge in [0.25, 0.3) is 0 Å². The summed E-state index contributed by atoms with van der Waals surface area (Å²) in [6, 6.07) is 24.6. The third-order valence-electron chi connectivity index (χ3n) is 7.52. The molecule has 1 saturated heterocycles. The van der Waals surface area contributed by atoms with Crippen LogP contribution in [0.4, 0.5) is 0 Å². The molecule has 236 valence electrons.